The Labute approximate surface area is 268 Å². The third-order valence-electron chi connectivity index (χ3n) is 6.68. The average Bonchev–Trinajstić information content (AvgIpc) is 3.43. The standard InChI is InChI=1S/C29H49N5O12/c1-28(2,3)46-27(40)34-17(23-24-25(26(42-7)43-23)45-29(4,5)44-24)16-21(38)33-14-10-19(36)31-12-8-18(35)30-13-9-20(37)32-15-11-22(39)41-6/h17,23-26H,8-16H2,1-7H3,(H,30,35)(H,31,36)(H,32,37)(H,33,38)(H,34,40)/t17-,23-,24+,25+,26+/m1/s1. The molecule has 17 heteroatoms. The van der Waals surface area contributed by atoms with Crippen LogP contribution in [0.2, 0.25) is 0 Å². The van der Waals surface area contributed by atoms with Crippen molar-refractivity contribution in [2.45, 2.75) is 109 Å². The smallest absolute Gasteiger partial charge is 0.407 e. The fourth-order valence-corrected chi connectivity index (χ4v) is 4.70. The highest BCUT2D eigenvalue weighted by Crippen LogP contribution is 2.40. The molecule has 262 valence electrons. The summed E-state index contributed by atoms with van der Waals surface area (Å²) in [6.45, 7) is 8.94. The van der Waals surface area contributed by atoms with Gasteiger partial charge in [-0.2, -0.15) is 0 Å². The zero-order valence-corrected chi connectivity index (χ0v) is 27.6. The number of hydrogen-bond donors (Lipinski definition) is 5. The van der Waals surface area contributed by atoms with Gasteiger partial charge < -0.3 is 55.0 Å². The molecule has 5 N–H and O–H groups in total. The van der Waals surface area contributed by atoms with E-state index in [2.05, 4.69) is 31.3 Å². The first-order valence-corrected chi connectivity index (χ1v) is 15.2. The Kier molecular flexibility index (Phi) is 15.1. The Hall–Kier alpha value is -3.54. The van der Waals surface area contributed by atoms with Gasteiger partial charge in [-0.25, -0.2) is 4.79 Å². The van der Waals surface area contributed by atoms with Crippen LogP contribution in [-0.2, 0) is 52.4 Å². The predicted molar refractivity (Wildman–Crippen MR) is 160 cm³/mol. The van der Waals surface area contributed by atoms with Gasteiger partial charge >= 0.3 is 12.1 Å². The van der Waals surface area contributed by atoms with Crippen molar-refractivity contribution in [3.63, 3.8) is 0 Å². The zero-order chi connectivity index (χ0) is 34.5. The summed E-state index contributed by atoms with van der Waals surface area (Å²) >= 11 is 0. The molecular formula is C29H49N5O12. The van der Waals surface area contributed by atoms with Crippen LogP contribution < -0.4 is 26.6 Å². The van der Waals surface area contributed by atoms with Crippen molar-refractivity contribution in [1.82, 2.24) is 26.6 Å². The van der Waals surface area contributed by atoms with Crippen molar-refractivity contribution in [2.75, 3.05) is 40.4 Å². The molecule has 5 atom stereocenters. The molecule has 0 aromatic heterocycles. The number of methoxy groups -OCH3 is 2. The highest BCUT2D eigenvalue weighted by molar-refractivity contribution is 5.81. The van der Waals surface area contributed by atoms with Gasteiger partial charge in [0.15, 0.2) is 12.1 Å². The number of esters is 1. The lowest BCUT2D eigenvalue weighted by Crippen LogP contribution is -2.52. The van der Waals surface area contributed by atoms with E-state index in [0.717, 1.165) is 0 Å². The quantitative estimate of drug-likeness (QED) is 0.123. The van der Waals surface area contributed by atoms with Gasteiger partial charge in [-0.3, -0.25) is 24.0 Å². The van der Waals surface area contributed by atoms with E-state index in [4.69, 9.17) is 23.7 Å². The monoisotopic (exact) mass is 659 g/mol. The zero-order valence-electron chi connectivity index (χ0n) is 27.6. The van der Waals surface area contributed by atoms with E-state index in [9.17, 15) is 28.8 Å². The van der Waals surface area contributed by atoms with Crippen molar-refractivity contribution in [2.24, 2.45) is 0 Å². The number of hydrogen-bond acceptors (Lipinski definition) is 12. The molecule has 2 aliphatic rings. The minimum absolute atomic E-state index is 0.00528. The summed E-state index contributed by atoms with van der Waals surface area (Å²) in [5, 5.41) is 13.1. The molecule has 0 aromatic rings. The summed E-state index contributed by atoms with van der Waals surface area (Å²) in [6, 6.07) is -0.877. The molecule has 2 aliphatic heterocycles. The van der Waals surface area contributed by atoms with Gasteiger partial charge in [0.1, 0.15) is 23.9 Å². The molecule has 2 rings (SSSR count). The maximum absolute atomic E-state index is 12.9. The molecule has 17 nitrogen and oxygen atoms in total. The highest BCUT2D eigenvalue weighted by Gasteiger charge is 2.58. The van der Waals surface area contributed by atoms with Crippen molar-refractivity contribution < 1.29 is 57.2 Å². The van der Waals surface area contributed by atoms with Crippen molar-refractivity contribution in [3.05, 3.63) is 0 Å². The fourth-order valence-electron chi connectivity index (χ4n) is 4.70. The Morgan fingerprint density at radius 1 is 0.739 bits per heavy atom. The largest absolute Gasteiger partial charge is 0.469 e. The van der Waals surface area contributed by atoms with E-state index in [1.807, 2.05) is 0 Å². The topological polar surface area (TPSA) is 218 Å². The summed E-state index contributed by atoms with van der Waals surface area (Å²) < 4.78 is 33.2. The fraction of sp³-hybridized carbons (Fsp3) is 0.793. The van der Waals surface area contributed by atoms with Crippen LogP contribution in [0.1, 0.15) is 66.7 Å². The Balaban J connectivity index is 1.75. The second kappa shape index (κ2) is 18.0. The van der Waals surface area contributed by atoms with E-state index in [-0.39, 0.29) is 76.0 Å². The summed E-state index contributed by atoms with van der Waals surface area (Å²) in [6.07, 6.45) is -3.71. The molecule has 2 fully saturated rings. The van der Waals surface area contributed by atoms with Crippen LogP contribution in [0.15, 0.2) is 0 Å². The molecule has 0 spiro atoms. The molecule has 0 aliphatic carbocycles. The highest BCUT2D eigenvalue weighted by atomic mass is 16.8. The van der Waals surface area contributed by atoms with E-state index >= 15 is 0 Å². The first kappa shape index (κ1) is 38.6. The number of amides is 5. The summed E-state index contributed by atoms with van der Waals surface area (Å²) in [5.74, 6) is -2.88. The lowest BCUT2D eigenvalue weighted by atomic mass is 10.0. The van der Waals surface area contributed by atoms with Gasteiger partial charge in [0.25, 0.3) is 0 Å². The molecule has 0 saturated carbocycles. The molecule has 46 heavy (non-hydrogen) atoms. The second-order valence-electron chi connectivity index (χ2n) is 12.2. The average molecular weight is 660 g/mol. The number of fused-ring (bicyclic) bond motifs is 1. The minimum Gasteiger partial charge on any atom is -0.469 e. The van der Waals surface area contributed by atoms with Crippen LogP contribution in [0.25, 0.3) is 0 Å². The number of carbonyl (C=O) groups is 6. The first-order valence-electron chi connectivity index (χ1n) is 15.2. The summed E-state index contributed by atoms with van der Waals surface area (Å²) in [7, 11) is 2.71. The van der Waals surface area contributed by atoms with Gasteiger partial charge in [0.05, 0.1) is 19.6 Å². The van der Waals surface area contributed by atoms with Gasteiger partial charge in [-0.05, 0) is 34.6 Å². The molecule has 5 amide bonds. The van der Waals surface area contributed by atoms with Gasteiger partial charge in [-0.1, -0.05) is 0 Å². The molecule has 0 unspecified atom stereocenters. The van der Waals surface area contributed by atoms with Crippen molar-refractivity contribution in [1.29, 1.82) is 0 Å². The van der Waals surface area contributed by atoms with Gasteiger partial charge in [0, 0.05) is 59.0 Å². The number of alkyl carbamates (subject to hydrolysis) is 1. The van der Waals surface area contributed by atoms with E-state index < -0.39 is 60.0 Å². The Bertz CT molecular complexity index is 1080. The number of nitrogens with one attached hydrogen (secondary N) is 5. The predicted octanol–water partition coefficient (Wildman–Crippen LogP) is -0.641. The number of rotatable bonds is 17. The molecule has 0 bridgehead atoms. The second-order valence-corrected chi connectivity index (χ2v) is 12.2. The summed E-state index contributed by atoms with van der Waals surface area (Å²) in [4.78, 5) is 72.5. The number of ether oxygens (including phenoxy) is 6. The minimum atomic E-state index is -0.925. The molecule has 0 radical (unpaired) electrons. The molecule has 0 aromatic carbocycles. The summed E-state index contributed by atoms with van der Waals surface area (Å²) in [5.41, 5.74) is -0.780. The third-order valence-corrected chi connectivity index (χ3v) is 6.68. The van der Waals surface area contributed by atoms with E-state index in [1.165, 1.54) is 14.2 Å². The Morgan fingerprint density at radius 3 is 1.70 bits per heavy atom. The SMILES string of the molecule is COC(=O)CCNC(=O)CCNC(=O)CCNC(=O)CCNC(=O)C[C@@H](NC(=O)OC(C)(C)C)[C@H]1O[C@H](OC)[C@H]2OC(C)(C)O[C@H]21. The molecule has 2 saturated heterocycles. The maximum Gasteiger partial charge on any atom is 0.407 e. The van der Waals surface area contributed by atoms with Crippen LogP contribution in [0.4, 0.5) is 4.79 Å². The third kappa shape index (κ3) is 13.8. The van der Waals surface area contributed by atoms with Crippen molar-refractivity contribution >= 4 is 35.7 Å². The van der Waals surface area contributed by atoms with Crippen LogP contribution in [0.3, 0.4) is 0 Å². The first-order chi connectivity index (χ1) is 21.5. The van der Waals surface area contributed by atoms with Crippen LogP contribution in [0, 0.1) is 0 Å². The van der Waals surface area contributed by atoms with Gasteiger partial charge in [-0.15, -0.1) is 0 Å². The normalized spacial score (nSPS) is 22.2. The van der Waals surface area contributed by atoms with Crippen LogP contribution >= 0.6 is 0 Å². The van der Waals surface area contributed by atoms with E-state index in [1.54, 1.807) is 34.6 Å². The lowest BCUT2D eigenvalue weighted by Gasteiger charge is -2.30. The number of carbonyl (C=O) groups excluding carboxylic acids is 6. The van der Waals surface area contributed by atoms with E-state index in [0.29, 0.717) is 0 Å². The lowest BCUT2D eigenvalue weighted by molar-refractivity contribution is -0.229. The van der Waals surface area contributed by atoms with Crippen molar-refractivity contribution in [3.8, 4) is 0 Å². The molecule has 2 heterocycles. The van der Waals surface area contributed by atoms with Crippen LogP contribution in [0.5, 0.6) is 0 Å². The molecular weight excluding hydrogens is 610 g/mol. The van der Waals surface area contributed by atoms with Crippen LogP contribution in [-0.4, -0.2) is 118 Å². The van der Waals surface area contributed by atoms with Gasteiger partial charge in [0.2, 0.25) is 23.6 Å². The Morgan fingerprint density at radius 2 is 1.22 bits per heavy atom. The maximum atomic E-state index is 12.9.